The Morgan fingerprint density at radius 3 is 2.62 bits per heavy atom. The number of aliphatic carboxylic acids is 1. The molecule has 1 atom stereocenters. The number of carbonyl (C=O) groups excluding carboxylic acids is 1. The number of nitrogens with zero attached hydrogens (tertiary/aromatic N) is 1. The number of piperidine rings is 1. The van der Waals surface area contributed by atoms with E-state index in [0.717, 1.165) is 6.54 Å². The van der Waals surface area contributed by atoms with Gasteiger partial charge in [-0.15, -0.1) is 0 Å². The minimum absolute atomic E-state index is 0.143. The molecule has 0 spiro atoms. The Morgan fingerprint density at radius 1 is 1.31 bits per heavy atom. The Balaban J connectivity index is 1.90. The summed E-state index contributed by atoms with van der Waals surface area (Å²) in [6.45, 7) is 1.20. The first-order valence-electron chi connectivity index (χ1n) is 6.17. The number of hydrogen-bond donors (Lipinski definition) is 1. The largest absolute Gasteiger partial charge is 0.481 e. The zero-order valence-electron chi connectivity index (χ0n) is 9.52. The van der Waals surface area contributed by atoms with E-state index in [9.17, 15) is 9.59 Å². The van der Waals surface area contributed by atoms with Gasteiger partial charge in [0.1, 0.15) is 0 Å². The van der Waals surface area contributed by atoms with Gasteiger partial charge in [0, 0.05) is 19.5 Å². The van der Waals surface area contributed by atoms with Gasteiger partial charge in [-0.25, -0.2) is 0 Å². The SMILES string of the molecule is O=C(O)C1CCC(=O)N(CC2CCCC2)C1. The van der Waals surface area contributed by atoms with Gasteiger partial charge in [-0.3, -0.25) is 9.59 Å². The van der Waals surface area contributed by atoms with Crippen LogP contribution < -0.4 is 0 Å². The van der Waals surface area contributed by atoms with Crippen molar-refractivity contribution in [2.75, 3.05) is 13.1 Å². The summed E-state index contributed by atoms with van der Waals surface area (Å²) >= 11 is 0. The molecule has 0 aromatic heterocycles. The van der Waals surface area contributed by atoms with Crippen molar-refractivity contribution in [3.63, 3.8) is 0 Å². The van der Waals surface area contributed by atoms with Crippen molar-refractivity contribution >= 4 is 11.9 Å². The lowest BCUT2D eigenvalue weighted by Crippen LogP contribution is -2.44. The fourth-order valence-electron chi connectivity index (χ4n) is 2.80. The standard InChI is InChI=1S/C12H19NO3/c14-11-6-5-10(12(15)16)8-13(11)7-9-3-1-2-4-9/h9-10H,1-8H2,(H,15,16). The van der Waals surface area contributed by atoms with Crippen LogP contribution in [0.25, 0.3) is 0 Å². The second-order valence-corrected chi connectivity index (χ2v) is 5.02. The normalized spacial score (nSPS) is 27.4. The van der Waals surface area contributed by atoms with Gasteiger partial charge < -0.3 is 10.0 Å². The van der Waals surface area contributed by atoms with Crippen LogP contribution in [-0.2, 0) is 9.59 Å². The van der Waals surface area contributed by atoms with Crippen LogP contribution in [-0.4, -0.2) is 35.0 Å². The lowest BCUT2D eigenvalue weighted by molar-refractivity contribution is -0.147. The van der Waals surface area contributed by atoms with Crippen LogP contribution in [0.2, 0.25) is 0 Å². The summed E-state index contributed by atoms with van der Waals surface area (Å²) in [6.07, 6.45) is 5.83. The Hall–Kier alpha value is -1.06. The fourth-order valence-corrected chi connectivity index (χ4v) is 2.80. The molecule has 2 aliphatic rings. The maximum absolute atomic E-state index is 11.7. The number of amides is 1. The molecular formula is C12H19NO3. The summed E-state index contributed by atoms with van der Waals surface area (Å²) < 4.78 is 0. The van der Waals surface area contributed by atoms with E-state index < -0.39 is 5.97 Å². The molecule has 1 amide bonds. The van der Waals surface area contributed by atoms with E-state index in [1.54, 1.807) is 4.90 Å². The number of carboxylic acids is 1. The number of rotatable bonds is 3. The average molecular weight is 225 g/mol. The number of carbonyl (C=O) groups is 2. The first kappa shape index (κ1) is 11.4. The monoisotopic (exact) mass is 225 g/mol. The highest BCUT2D eigenvalue weighted by molar-refractivity contribution is 5.80. The van der Waals surface area contributed by atoms with Crippen LogP contribution in [0.5, 0.6) is 0 Å². The lowest BCUT2D eigenvalue weighted by Gasteiger charge is -2.32. The molecule has 1 heterocycles. The molecule has 1 unspecified atom stereocenters. The molecule has 0 aromatic carbocycles. The van der Waals surface area contributed by atoms with Crippen LogP contribution in [0.4, 0.5) is 0 Å². The highest BCUT2D eigenvalue weighted by Gasteiger charge is 2.31. The van der Waals surface area contributed by atoms with Crippen LogP contribution in [0, 0.1) is 11.8 Å². The molecule has 16 heavy (non-hydrogen) atoms. The Labute approximate surface area is 95.6 Å². The highest BCUT2D eigenvalue weighted by atomic mass is 16.4. The molecule has 1 saturated heterocycles. The van der Waals surface area contributed by atoms with Gasteiger partial charge in [0.15, 0.2) is 0 Å². The zero-order chi connectivity index (χ0) is 11.5. The summed E-state index contributed by atoms with van der Waals surface area (Å²) in [7, 11) is 0. The van der Waals surface area contributed by atoms with Gasteiger partial charge >= 0.3 is 5.97 Å². The summed E-state index contributed by atoms with van der Waals surface area (Å²) in [6, 6.07) is 0. The van der Waals surface area contributed by atoms with Crippen molar-refractivity contribution < 1.29 is 14.7 Å². The molecular weight excluding hydrogens is 206 g/mol. The van der Waals surface area contributed by atoms with Gasteiger partial charge in [-0.2, -0.15) is 0 Å². The van der Waals surface area contributed by atoms with E-state index in [2.05, 4.69) is 0 Å². The molecule has 4 heteroatoms. The maximum atomic E-state index is 11.7. The molecule has 1 aliphatic heterocycles. The Kier molecular flexibility index (Phi) is 3.46. The van der Waals surface area contributed by atoms with E-state index in [1.807, 2.05) is 0 Å². The molecule has 2 rings (SSSR count). The molecule has 2 fully saturated rings. The van der Waals surface area contributed by atoms with E-state index in [4.69, 9.17) is 5.11 Å². The number of likely N-dealkylation sites (tertiary alicyclic amines) is 1. The predicted octanol–water partition coefficient (Wildman–Crippen LogP) is 1.50. The van der Waals surface area contributed by atoms with Crippen molar-refractivity contribution in [1.82, 2.24) is 4.90 Å². The molecule has 0 radical (unpaired) electrons. The fraction of sp³-hybridized carbons (Fsp3) is 0.833. The third-order valence-corrected chi connectivity index (χ3v) is 3.80. The van der Waals surface area contributed by atoms with Crippen LogP contribution in [0.3, 0.4) is 0 Å². The molecule has 1 N–H and O–H groups in total. The number of carboxylic acid groups (broad SMARTS) is 1. The maximum Gasteiger partial charge on any atom is 0.308 e. The van der Waals surface area contributed by atoms with Crippen molar-refractivity contribution in [2.24, 2.45) is 11.8 Å². The summed E-state index contributed by atoms with van der Waals surface area (Å²) in [4.78, 5) is 24.4. The molecule has 1 aliphatic carbocycles. The Morgan fingerprint density at radius 2 is 2.00 bits per heavy atom. The van der Waals surface area contributed by atoms with Crippen molar-refractivity contribution in [3.05, 3.63) is 0 Å². The smallest absolute Gasteiger partial charge is 0.308 e. The lowest BCUT2D eigenvalue weighted by atomic mass is 9.96. The van der Waals surface area contributed by atoms with Gasteiger partial charge in [0.2, 0.25) is 5.91 Å². The van der Waals surface area contributed by atoms with Crippen molar-refractivity contribution in [1.29, 1.82) is 0 Å². The molecule has 90 valence electrons. The van der Waals surface area contributed by atoms with Crippen LogP contribution in [0.1, 0.15) is 38.5 Å². The van der Waals surface area contributed by atoms with Crippen molar-refractivity contribution in [3.8, 4) is 0 Å². The van der Waals surface area contributed by atoms with Crippen LogP contribution in [0.15, 0.2) is 0 Å². The predicted molar refractivity (Wildman–Crippen MR) is 58.9 cm³/mol. The third-order valence-electron chi connectivity index (χ3n) is 3.80. The van der Waals surface area contributed by atoms with E-state index >= 15 is 0 Å². The van der Waals surface area contributed by atoms with E-state index in [-0.39, 0.29) is 11.8 Å². The summed E-state index contributed by atoms with van der Waals surface area (Å²) in [5.74, 6) is -0.357. The summed E-state index contributed by atoms with van der Waals surface area (Å²) in [5, 5.41) is 8.97. The van der Waals surface area contributed by atoms with Gasteiger partial charge in [0.25, 0.3) is 0 Å². The van der Waals surface area contributed by atoms with Gasteiger partial charge in [-0.1, -0.05) is 12.8 Å². The minimum Gasteiger partial charge on any atom is -0.481 e. The van der Waals surface area contributed by atoms with E-state index in [0.29, 0.717) is 25.3 Å². The van der Waals surface area contributed by atoms with Gasteiger partial charge in [0.05, 0.1) is 5.92 Å². The first-order chi connectivity index (χ1) is 7.66. The zero-order valence-corrected chi connectivity index (χ0v) is 9.52. The minimum atomic E-state index is -0.760. The second kappa shape index (κ2) is 4.85. The molecule has 0 bridgehead atoms. The topological polar surface area (TPSA) is 57.6 Å². The van der Waals surface area contributed by atoms with Gasteiger partial charge in [-0.05, 0) is 25.2 Å². The Bertz CT molecular complexity index is 284. The van der Waals surface area contributed by atoms with Crippen LogP contribution >= 0.6 is 0 Å². The quantitative estimate of drug-likeness (QED) is 0.791. The second-order valence-electron chi connectivity index (χ2n) is 5.02. The molecule has 0 aromatic rings. The average Bonchev–Trinajstić information content (AvgIpc) is 2.73. The van der Waals surface area contributed by atoms with E-state index in [1.165, 1.54) is 25.7 Å². The summed E-state index contributed by atoms with van der Waals surface area (Å²) in [5.41, 5.74) is 0. The number of hydrogen-bond acceptors (Lipinski definition) is 2. The van der Waals surface area contributed by atoms with Crippen molar-refractivity contribution in [2.45, 2.75) is 38.5 Å². The molecule has 1 saturated carbocycles. The highest BCUT2D eigenvalue weighted by Crippen LogP contribution is 2.27. The molecule has 4 nitrogen and oxygen atoms in total. The third kappa shape index (κ3) is 2.54. The first-order valence-corrected chi connectivity index (χ1v) is 6.17.